The first-order valence-electron chi connectivity index (χ1n) is 34.2. The number of unbranched alkanes of at least 4 members (excludes halogenated alkanes) is 21. The van der Waals surface area contributed by atoms with Crippen molar-refractivity contribution in [2.45, 2.75) is 264 Å². The number of hydrogen-bond donors (Lipinski definition) is 0. The molecule has 10 heteroatoms. The lowest BCUT2D eigenvalue weighted by Gasteiger charge is -2.28. The second-order valence-corrected chi connectivity index (χ2v) is 24.9. The van der Waals surface area contributed by atoms with Gasteiger partial charge >= 0.3 is 11.9 Å². The van der Waals surface area contributed by atoms with E-state index >= 15 is 0 Å². The molecule has 0 aliphatic carbocycles. The molecule has 0 heterocycles. The van der Waals surface area contributed by atoms with Gasteiger partial charge in [-0.15, -0.1) is 0 Å². The van der Waals surface area contributed by atoms with E-state index in [1.165, 1.54) is 77.0 Å². The second-order valence-electron chi connectivity index (χ2n) is 23.5. The Bertz CT molecular complexity index is 2010. The van der Waals surface area contributed by atoms with E-state index in [0.29, 0.717) is 23.9 Å². The fourth-order valence-electron chi connectivity index (χ4n) is 8.81. The molecule has 0 saturated carbocycles. The van der Waals surface area contributed by atoms with Crippen molar-refractivity contribution in [3.05, 3.63) is 158 Å². The number of quaternary nitrogens is 1. The molecule has 0 rings (SSSR count). The molecular weight excluding hydrogens is 1090 g/mol. The fourth-order valence-corrected chi connectivity index (χ4v) is 9.54. The zero-order valence-corrected chi connectivity index (χ0v) is 56.3. The Balaban J connectivity index is 4.12. The Kier molecular flexibility index (Phi) is 61.8. The van der Waals surface area contributed by atoms with Crippen molar-refractivity contribution in [3.63, 3.8) is 0 Å². The molecule has 0 radical (unpaired) electrons. The van der Waals surface area contributed by atoms with E-state index < -0.39 is 32.5 Å². The lowest BCUT2D eigenvalue weighted by molar-refractivity contribution is -0.870. The van der Waals surface area contributed by atoms with Crippen LogP contribution in [0.25, 0.3) is 0 Å². The summed E-state index contributed by atoms with van der Waals surface area (Å²) in [5, 5.41) is 0. The van der Waals surface area contributed by atoms with Gasteiger partial charge in [-0.2, -0.15) is 0 Å². The maximum Gasteiger partial charge on any atom is 0.306 e. The number of nitrogens with zero attached hydrogens (tertiary/aromatic N) is 1. The molecular formula is C76H126NO8P. The number of phosphoric ester groups is 1. The average molecular weight is 1210 g/mol. The van der Waals surface area contributed by atoms with Gasteiger partial charge in [-0.3, -0.25) is 14.2 Å². The Morgan fingerprint density at radius 2 is 0.663 bits per heavy atom. The number of phosphoric acid groups is 1. The van der Waals surface area contributed by atoms with Crippen LogP contribution < -0.4 is 4.89 Å². The maximum absolute atomic E-state index is 12.9. The first-order valence-corrected chi connectivity index (χ1v) is 35.7. The summed E-state index contributed by atoms with van der Waals surface area (Å²) in [6.07, 6.45) is 97.4. The normalized spacial score (nSPS) is 14.2. The average Bonchev–Trinajstić information content (AvgIpc) is 3.70. The second kappa shape index (κ2) is 65.1. The van der Waals surface area contributed by atoms with E-state index in [2.05, 4.69) is 172 Å². The lowest BCUT2D eigenvalue weighted by atomic mass is 10.0. The van der Waals surface area contributed by atoms with Crippen molar-refractivity contribution >= 4 is 19.8 Å². The van der Waals surface area contributed by atoms with Gasteiger partial charge in [0.05, 0.1) is 27.7 Å². The summed E-state index contributed by atoms with van der Waals surface area (Å²) < 4.78 is 34.2. The van der Waals surface area contributed by atoms with E-state index in [1.54, 1.807) is 0 Å². The Labute approximate surface area is 528 Å². The molecule has 2 atom stereocenters. The van der Waals surface area contributed by atoms with Crippen LogP contribution in [0.3, 0.4) is 0 Å². The quantitative estimate of drug-likeness (QED) is 0.0195. The molecule has 488 valence electrons. The SMILES string of the molecule is CC/C=C\C/C=C\C/C=C\C/C=C\C/C=C\C/C=C\C/C=C\C/C=C\C/C=C\C/C=C\CCCCCCCCCCCCC(=O)OC(COC(=O)CCCCCCCC/C=C\C/C=C\C/C=C\CCCCCCC)COP(=O)([O-])OCC[N+](C)(C)C. The molecule has 0 aromatic heterocycles. The number of esters is 2. The summed E-state index contributed by atoms with van der Waals surface area (Å²) in [7, 11) is 1.14. The fraction of sp³-hybridized carbons (Fsp3) is 0.632. The minimum absolute atomic E-state index is 0.0415. The van der Waals surface area contributed by atoms with Gasteiger partial charge in [0.25, 0.3) is 7.82 Å². The highest BCUT2D eigenvalue weighted by atomic mass is 31.2. The van der Waals surface area contributed by atoms with Gasteiger partial charge < -0.3 is 27.9 Å². The smallest absolute Gasteiger partial charge is 0.306 e. The third kappa shape index (κ3) is 68.7. The highest BCUT2D eigenvalue weighted by Gasteiger charge is 2.22. The minimum Gasteiger partial charge on any atom is -0.756 e. The van der Waals surface area contributed by atoms with Crippen LogP contribution in [0.15, 0.2) is 158 Å². The third-order valence-corrected chi connectivity index (χ3v) is 15.0. The number of likely N-dealkylation sites (N-methyl/N-ethyl adjacent to an activating group) is 1. The maximum atomic E-state index is 12.9. The van der Waals surface area contributed by atoms with Gasteiger partial charge in [-0.05, 0) is 128 Å². The Morgan fingerprint density at radius 3 is 0.988 bits per heavy atom. The summed E-state index contributed by atoms with van der Waals surface area (Å²) >= 11 is 0. The van der Waals surface area contributed by atoms with Gasteiger partial charge in [0.2, 0.25) is 0 Å². The van der Waals surface area contributed by atoms with Crippen LogP contribution in [0.1, 0.15) is 258 Å². The van der Waals surface area contributed by atoms with Crippen LogP contribution >= 0.6 is 7.82 Å². The monoisotopic (exact) mass is 1210 g/mol. The van der Waals surface area contributed by atoms with Crippen LogP contribution in [0, 0.1) is 0 Å². The van der Waals surface area contributed by atoms with E-state index in [9.17, 15) is 19.0 Å². The summed E-state index contributed by atoms with van der Waals surface area (Å²) in [4.78, 5) is 38.0. The van der Waals surface area contributed by atoms with Crippen molar-refractivity contribution in [3.8, 4) is 0 Å². The molecule has 0 aliphatic heterocycles. The number of carbonyl (C=O) groups excluding carboxylic acids is 2. The topological polar surface area (TPSA) is 111 Å². The molecule has 9 nitrogen and oxygen atoms in total. The first-order chi connectivity index (χ1) is 42.0. The van der Waals surface area contributed by atoms with E-state index in [-0.39, 0.29) is 26.1 Å². The molecule has 2 unspecified atom stereocenters. The minimum atomic E-state index is -4.65. The van der Waals surface area contributed by atoms with Gasteiger partial charge in [0.1, 0.15) is 19.8 Å². The summed E-state index contributed by atoms with van der Waals surface area (Å²) in [6.45, 7) is 4.08. The number of rotatable bonds is 61. The molecule has 0 bridgehead atoms. The third-order valence-electron chi connectivity index (χ3n) is 14.0. The largest absolute Gasteiger partial charge is 0.756 e. The number of ether oxygens (including phenoxy) is 2. The van der Waals surface area contributed by atoms with Crippen molar-refractivity contribution in [2.24, 2.45) is 0 Å². The molecule has 86 heavy (non-hydrogen) atoms. The number of hydrogen-bond acceptors (Lipinski definition) is 8. The van der Waals surface area contributed by atoms with Gasteiger partial charge in [0.15, 0.2) is 6.10 Å². The molecule has 0 saturated heterocycles. The summed E-state index contributed by atoms with van der Waals surface area (Å²) in [5.74, 6) is -0.860. The van der Waals surface area contributed by atoms with Crippen molar-refractivity contribution < 1.29 is 42.1 Å². The lowest BCUT2D eigenvalue weighted by Crippen LogP contribution is -2.37. The zero-order valence-electron chi connectivity index (χ0n) is 55.4. The first kappa shape index (κ1) is 81.6. The molecule has 0 aromatic carbocycles. The molecule has 0 spiro atoms. The predicted octanol–water partition coefficient (Wildman–Crippen LogP) is 21.7. The van der Waals surface area contributed by atoms with Gasteiger partial charge in [-0.1, -0.05) is 275 Å². The highest BCUT2D eigenvalue weighted by Crippen LogP contribution is 2.38. The zero-order chi connectivity index (χ0) is 62.6. The summed E-state index contributed by atoms with van der Waals surface area (Å²) in [5.41, 5.74) is 0. The van der Waals surface area contributed by atoms with E-state index in [0.717, 1.165) is 141 Å². The van der Waals surface area contributed by atoms with Crippen molar-refractivity contribution in [1.82, 2.24) is 0 Å². The molecule has 0 aromatic rings. The molecule has 0 amide bonds. The Hall–Kier alpha value is -4.37. The highest BCUT2D eigenvalue weighted by molar-refractivity contribution is 7.45. The number of carbonyl (C=O) groups is 2. The van der Waals surface area contributed by atoms with E-state index in [4.69, 9.17) is 18.5 Å². The predicted molar refractivity (Wildman–Crippen MR) is 369 cm³/mol. The van der Waals surface area contributed by atoms with E-state index in [1.807, 2.05) is 21.1 Å². The standard InChI is InChI=1S/C76H126NO8P/c1-6-8-10-12-14-16-18-20-22-24-26-28-29-30-31-32-33-34-35-36-37-38-39-40-41-42-43-44-45-46-47-49-51-53-55-57-59-61-63-65-67-69-76(79)85-74(73-84-86(80,81)83-71-70-77(3,4)5)72-82-75(78)68-66-64-62-60-58-56-54-52-50-48-27-25-23-21-19-17-15-13-11-9-7-2/h8,10,14,16,19-22,25-28,30-31,33-34,36-37,39-40,42-43,45-46,50,52,74H,6-7,9,11-13,15,17-18,23-24,29,32,35,38,41,44,47-49,51,53-73H2,1-5H3/b10-8-,16-14-,21-19-,22-20-,27-25-,28-26-,31-30-,34-33-,37-36-,40-39-,43-42-,46-45-,52-50-. The molecule has 0 N–H and O–H groups in total. The van der Waals surface area contributed by atoms with Crippen LogP contribution in [-0.2, 0) is 32.7 Å². The van der Waals surface area contributed by atoms with Gasteiger partial charge in [-0.25, -0.2) is 0 Å². The molecule has 0 fully saturated rings. The van der Waals surface area contributed by atoms with Gasteiger partial charge in [0, 0.05) is 12.8 Å². The number of allylic oxidation sites excluding steroid dienone is 26. The van der Waals surface area contributed by atoms with Crippen LogP contribution in [0.5, 0.6) is 0 Å². The van der Waals surface area contributed by atoms with Crippen LogP contribution in [0.4, 0.5) is 0 Å². The Morgan fingerprint density at radius 1 is 0.372 bits per heavy atom. The molecule has 0 aliphatic rings. The van der Waals surface area contributed by atoms with Crippen molar-refractivity contribution in [1.29, 1.82) is 0 Å². The van der Waals surface area contributed by atoms with Crippen LogP contribution in [-0.4, -0.2) is 70.0 Å². The summed E-state index contributed by atoms with van der Waals surface area (Å²) in [6, 6.07) is 0. The van der Waals surface area contributed by atoms with Crippen molar-refractivity contribution in [2.75, 3.05) is 47.5 Å². The van der Waals surface area contributed by atoms with Crippen LogP contribution in [0.2, 0.25) is 0 Å².